The lowest BCUT2D eigenvalue weighted by atomic mass is 9.76. The Balaban J connectivity index is 2.18. The van der Waals surface area contributed by atoms with Crippen molar-refractivity contribution in [3.05, 3.63) is 64.8 Å². The SMILES string of the molecule is CCOC(=O)C1=C(c2ccccc2)C(=O)CC(C)/C1=C\C1=CCCCC1. The minimum Gasteiger partial charge on any atom is -0.462 e. The van der Waals surface area contributed by atoms with Crippen LogP contribution in [0.15, 0.2) is 59.2 Å². The molecule has 2 aliphatic rings. The number of carbonyl (C=O) groups excluding carboxylic acids is 2. The maximum absolute atomic E-state index is 12.9. The summed E-state index contributed by atoms with van der Waals surface area (Å²) in [6.45, 7) is 4.11. The molecule has 0 aliphatic heterocycles. The summed E-state index contributed by atoms with van der Waals surface area (Å²) < 4.78 is 5.34. The minimum atomic E-state index is -0.395. The van der Waals surface area contributed by atoms with Crippen LogP contribution in [-0.4, -0.2) is 18.4 Å². The molecule has 0 saturated heterocycles. The summed E-state index contributed by atoms with van der Waals surface area (Å²) in [5.41, 5.74) is 3.95. The van der Waals surface area contributed by atoms with Gasteiger partial charge in [-0.25, -0.2) is 4.79 Å². The first kappa shape index (κ1) is 18.4. The average Bonchev–Trinajstić information content (AvgIpc) is 2.65. The molecular formula is C23H26O3. The molecule has 1 atom stereocenters. The molecule has 0 amide bonds. The van der Waals surface area contributed by atoms with Gasteiger partial charge in [-0.05, 0) is 49.7 Å². The first-order valence-corrected chi connectivity index (χ1v) is 9.52. The summed E-state index contributed by atoms with van der Waals surface area (Å²) in [5.74, 6) is -0.368. The van der Waals surface area contributed by atoms with E-state index in [9.17, 15) is 9.59 Å². The van der Waals surface area contributed by atoms with Gasteiger partial charge in [0.2, 0.25) is 0 Å². The van der Waals surface area contributed by atoms with Gasteiger partial charge in [0.15, 0.2) is 5.78 Å². The molecule has 0 spiro atoms. The molecule has 0 radical (unpaired) electrons. The molecule has 26 heavy (non-hydrogen) atoms. The van der Waals surface area contributed by atoms with E-state index in [1.54, 1.807) is 6.92 Å². The molecule has 0 saturated carbocycles. The van der Waals surface area contributed by atoms with Gasteiger partial charge in [0.25, 0.3) is 0 Å². The first-order chi connectivity index (χ1) is 12.6. The van der Waals surface area contributed by atoms with E-state index in [2.05, 4.69) is 12.2 Å². The molecule has 0 bridgehead atoms. The van der Waals surface area contributed by atoms with Crippen LogP contribution in [0, 0.1) is 5.92 Å². The van der Waals surface area contributed by atoms with E-state index in [0.717, 1.165) is 24.0 Å². The third kappa shape index (κ3) is 3.87. The highest BCUT2D eigenvalue weighted by atomic mass is 16.5. The van der Waals surface area contributed by atoms with Crippen molar-refractivity contribution in [2.24, 2.45) is 5.92 Å². The number of hydrogen-bond acceptors (Lipinski definition) is 3. The van der Waals surface area contributed by atoms with E-state index in [1.165, 1.54) is 18.4 Å². The quantitative estimate of drug-likeness (QED) is 0.715. The summed E-state index contributed by atoms with van der Waals surface area (Å²) in [6.07, 6.45) is 9.31. The second-order valence-electron chi connectivity index (χ2n) is 6.99. The second-order valence-corrected chi connectivity index (χ2v) is 6.99. The molecule has 1 aromatic carbocycles. The number of benzene rings is 1. The monoisotopic (exact) mass is 350 g/mol. The van der Waals surface area contributed by atoms with Crippen molar-refractivity contribution in [3.8, 4) is 0 Å². The van der Waals surface area contributed by atoms with Crippen LogP contribution in [-0.2, 0) is 14.3 Å². The fraction of sp³-hybridized carbons (Fsp3) is 0.391. The Morgan fingerprint density at radius 2 is 2.00 bits per heavy atom. The van der Waals surface area contributed by atoms with E-state index in [0.29, 0.717) is 24.2 Å². The number of ether oxygens (including phenoxy) is 1. The Labute approximate surface area is 155 Å². The van der Waals surface area contributed by atoms with Crippen molar-refractivity contribution in [1.29, 1.82) is 0 Å². The number of ketones is 1. The maximum Gasteiger partial charge on any atom is 0.339 e. The normalized spacial score (nSPS) is 22.4. The highest BCUT2D eigenvalue weighted by Crippen LogP contribution is 2.39. The maximum atomic E-state index is 12.9. The molecule has 1 unspecified atom stereocenters. The fourth-order valence-corrected chi connectivity index (χ4v) is 3.76. The third-order valence-corrected chi connectivity index (χ3v) is 5.05. The van der Waals surface area contributed by atoms with Crippen LogP contribution in [0.4, 0.5) is 0 Å². The van der Waals surface area contributed by atoms with Crippen LogP contribution in [0.25, 0.3) is 5.57 Å². The minimum absolute atomic E-state index is 0.0113. The molecule has 0 aromatic heterocycles. The van der Waals surface area contributed by atoms with E-state index < -0.39 is 5.97 Å². The smallest absolute Gasteiger partial charge is 0.339 e. The fourth-order valence-electron chi connectivity index (χ4n) is 3.76. The van der Waals surface area contributed by atoms with Gasteiger partial charge in [0.1, 0.15) is 0 Å². The molecule has 0 heterocycles. The summed E-state index contributed by atoms with van der Waals surface area (Å²) in [4.78, 5) is 25.7. The Hall–Kier alpha value is -2.42. The van der Waals surface area contributed by atoms with Crippen LogP contribution in [0.5, 0.6) is 0 Å². The molecule has 1 aromatic rings. The molecule has 3 heteroatoms. The zero-order chi connectivity index (χ0) is 18.5. The molecule has 3 rings (SSSR count). The highest BCUT2D eigenvalue weighted by Gasteiger charge is 2.34. The second kappa shape index (κ2) is 8.31. The Bertz CT molecular complexity index is 781. The number of allylic oxidation sites excluding steroid dienone is 4. The number of carbonyl (C=O) groups is 2. The highest BCUT2D eigenvalue weighted by molar-refractivity contribution is 6.28. The van der Waals surface area contributed by atoms with E-state index in [4.69, 9.17) is 4.74 Å². The van der Waals surface area contributed by atoms with Gasteiger partial charge < -0.3 is 4.74 Å². The summed E-state index contributed by atoms with van der Waals surface area (Å²) in [7, 11) is 0. The molecule has 136 valence electrons. The predicted molar refractivity (Wildman–Crippen MR) is 103 cm³/mol. The summed E-state index contributed by atoms with van der Waals surface area (Å²) >= 11 is 0. The van der Waals surface area contributed by atoms with Gasteiger partial charge in [-0.1, -0.05) is 55.0 Å². The number of esters is 1. The van der Waals surface area contributed by atoms with Crippen molar-refractivity contribution in [2.75, 3.05) is 6.61 Å². The number of rotatable bonds is 4. The van der Waals surface area contributed by atoms with Crippen molar-refractivity contribution >= 4 is 17.3 Å². The van der Waals surface area contributed by atoms with Crippen molar-refractivity contribution in [3.63, 3.8) is 0 Å². The van der Waals surface area contributed by atoms with E-state index in [1.807, 2.05) is 37.3 Å². The summed E-state index contributed by atoms with van der Waals surface area (Å²) in [5, 5.41) is 0. The molecular weight excluding hydrogens is 324 g/mol. The lowest BCUT2D eigenvalue weighted by Crippen LogP contribution is -2.25. The standard InChI is InChI=1S/C23H26O3/c1-3-26-23(25)22-19(15-17-10-6-4-7-11-17)16(2)14-20(24)21(22)18-12-8-5-9-13-18/h5,8-10,12-13,15-16H,3-4,6-7,11,14H2,1-2H3/b19-15+. The van der Waals surface area contributed by atoms with Gasteiger partial charge >= 0.3 is 5.97 Å². The topological polar surface area (TPSA) is 43.4 Å². The lowest BCUT2D eigenvalue weighted by molar-refractivity contribution is -0.138. The third-order valence-electron chi connectivity index (χ3n) is 5.05. The Morgan fingerprint density at radius 1 is 1.23 bits per heavy atom. The van der Waals surface area contributed by atoms with Crippen LogP contribution in [0.3, 0.4) is 0 Å². The molecule has 0 N–H and O–H groups in total. The lowest BCUT2D eigenvalue weighted by Gasteiger charge is -2.27. The van der Waals surface area contributed by atoms with Crippen LogP contribution in [0.1, 0.15) is 51.5 Å². The van der Waals surface area contributed by atoms with Crippen molar-refractivity contribution in [2.45, 2.75) is 46.0 Å². The summed E-state index contributed by atoms with van der Waals surface area (Å²) in [6, 6.07) is 9.47. The number of Topliss-reactive ketones (excluding diaryl/α,β-unsaturated/α-hetero) is 1. The van der Waals surface area contributed by atoms with Crippen LogP contribution < -0.4 is 0 Å². The average molecular weight is 350 g/mol. The van der Waals surface area contributed by atoms with Crippen LogP contribution >= 0.6 is 0 Å². The van der Waals surface area contributed by atoms with E-state index >= 15 is 0 Å². The zero-order valence-corrected chi connectivity index (χ0v) is 15.6. The van der Waals surface area contributed by atoms with Crippen LogP contribution in [0.2, 0.25) is 0 Å². The predicted octanol–water partition coefficient (Wildman–Crippen LogP) is 5.04. The van der Waals surface area contributed by atoms with Gasteiger partial charge in [-0.15, -0.1) is 0 Å². The largest absolute Gasteiger partial charge is 0.462 e. The van der Waals surface area contributed by atoms with Gasteiger partial charge in [-0.3, -0.25) is 4.79 Å². The molecule has 0 fully saturated rings. The van der Waals surface area contributed by atoms with Crippen molar-refractivity contribution in [1.82, 2.24) is 0 Å². The van der Waals surface area contributed by atoms with Gasteiger partial charge in [0.05, 0.1) is 12.2 Å². The Morgan fingerprint density at radius 3 is 2.65 bits per heavy atom. The Kier molecular flexibility index (Phi) is 5.87. The van der Waals surface area contributed by atoms with Gasteiger partial charge in [-0.2, -0.15) is 0 Å². The number of hydrogen-bond donors (Lipinski definition) is 0. The first-order valence-electron chi connectivity index (χ1n) is 9.52. The zero-order valence-electron chi connectivity index (χ0n) is 15.6. The van der Waals surface area contributed by atoms with E-state index in [-0.39, 0.29) is 11.7 Å². The van der Waals surface area contributed by atoms with Crippen molar-refractivity contribution < 1.29 is 14.3 Å². The molecule has 3 nitrogen and oxygen atoms in total. The molecule has 2 aliphatic carbocycles. The van der Waals surface area contributed by atoms with Gasteiger partial charge in [0, 0.05) is 12.0 Å².